The van der Waals surface area contributed by atoms with Crippen LogP contribution in [-0.4, -0.2) is 34.8 Å². The van der Waals surface area contributed by atoms with Gasteiger partial charge in [0.2, 0.25) is 0 Å². The van der Waals surface area contributed by atoms with Crippen molar-refractivity contribution in [1.82, 2.24) is 29.7 Å². The van der Waals surface area contributed by atoms with Crippen molar-refractivity contribution in [1.29, 1.82) is 0 Å². The van der Waals surface area contributed by atoms with Crippen LogP contribution in [0, 0.1) is 0 Å². The van der Waals surface area contributed by atoms with Crippen LogP contribution in [0.25, 0.3) is 22.6 Å². The average molecular weight is 425 g/mol. The summed E-state index contributed by atoms with van der Waals surface area (Å²) in [6.07, 6.45) is 10.9. The summed E-state index contributed by atoms with van der Waals surface area (Å²) < 4.78 is 2.07. The molecule has 2 aliphatic carbocycles. The van der Waals surface area contributed by atoms with Crippen LogP contribution in [0.4, 0.5) is 5.69 Å². The van der Waals surface area contributed by atoms with Gasteiger partial charge in [0.05, 0.1) is 5.69 Å². The summed E-state index contributed by atoms with van der Waals surface area (Å²) in [4.78, 5) is 13.4. The number of rotatable bonds is 7. The molecule has 0 amide bonds. The molecule has 0 radical (unpaired) electrons. The van der Waals surface area contributed by atoms with E-state index in [1.54, 1.807) is 18.7 Å². The summed E-state index contributed by atoms with van der Waals surface area (Å²) in [6.45, 7) is 0. The molecule has 0 bridgehead atoms. The monoisotopic (exact) mass is 425 g/mol. The van der Waals surface area contributed by atoms with Crippen molar-refractivity contribution in [2.45, 2.75) is 43.9 Å². The molecule has 32 heavy (non-hydrogen) atoms. The molecule has 0 saturated heterocycles. The van der Waals surface area contributed by atoms with E-state index in [9.17, 15) is 5.11 Å². The van der Waals surface area contributed by atoms with E-state index in [0.717, 1.165) is 46.9 Å². The largest absolute Gasteiger partial charge is 0.368 e. The molecule has 2 aliphatic rings. The van der Waals surface area contributed by atoms with Crippen LogP contribution >= 0.6 is 0 Å². The fourth-order valence-corrected chi connectivity index (χ4v) is 3.89. The molecule has 4 heterocycles. The van der Waals surface area contributed by atoms with E-state index in [0.29, 0.717) is 17.7 Å². The lowest BCUT2D eigenvalue weighted by Crippen LogP contribution is -2.11. The second-order valence-electron chi connectivity index (χ2n) is 8.49. The van der Waals surface area contributed by atoms with Crippen molar-refractivity contribution in [3.05, 3.63) is 72.7 Å². The Morgan fingerprint density at radius 1 is 0.938 bits per heavy atom. The molecule has 8 nitrogen and oxygen atoms in total. The molecule has 2 saturated carbocycles. The Hall–Kier alpha value is -3.65. The first-order chi connectivity index (χ1) is 15.7. The predicted octanol–water partition coefficient (Wildman–Crippen LogP) is 4.11. The maximum absolute atomic E-state index is 10.8. The number of nitrogens with one attached hydrogen (secondary N) is 1. The highest BCUT2D eigenvalue weighted by molar-refractivity contribution is 5.63. The second-order valence-corrected chi connectivity index (χ2v) is 8.49. The van der Waals surface area contributed by atoms with Gasteiger partial charge in [0.15, 0.2) is 12.1 Å². The van der Waals surface area contributed by atoms with Gasteiger partial charge < -0.3 is 15.0 Å². The van der Waals surface area contributed by atoms with Gasteiger partial charge in [-0.15, -0.1) is 10.2 Å². The molecule has 0 aromatic carbocycles. The number of nitrogens with zero attached hydrogens (tertiary/aromatic N) is 6. The zero-order chi connectivity index (χ0) is 21.5. The van der Waals surface area contributed by atoms with Crippen LogP contribution in [0.2, 0.25) is 0 Å². The highest BCUT2D eigenvalue weighted by atomic mass is 16.3. The summed E-state index contributed by atoms with van der Waals surface area (Å²) in [5.41, 5.74) is 5.13. The van der Waals surface area contributed by atoms with E-state index in [1.165, 1.54) is 12.8 Å². The topological polar surface area (TPSA) is 102 Å². The highest BCUT2D eigenvalue weighted by Gasteiger charge is 2.27. The summed E-state index contributed by atoms with van der Waals surface area (Å²) in [5, 5.41) is 22.2. The van der Waals surface area contributed by atoms with Crippen molar-refractivity contribution < 1.29 is 5.11 Å². The van der Waals surface area contributed by atoms with E-state index in [1.807, 2.05) is 30.5 Å². The Morgan fingerprint density at radius 2 is 1.81 bits per heavy atom. The highest BCUT2D eigenvalue weighted by Crippen LogP contribution is 2.39. The number of aliphatic hydroxyl groups excluding tert-OH is 1. The normalized spacial score (nSPS) is 16.7. The number of hydrogen-bond acceptors (Lipinski definition) is 7. The minimum Gasteiger partial charge on any atom is -0.368 e. The SMILES string of the molecule is OC(Nc1ccnc(-c2nncn2C2CC2)c1)c1cc(-c2ccc(C3CC3)nc2)ccn1. The van der Waals surface area contributed by atoms with Crippen LogP contribution in [0.1, 0.15) is 55.3 Å². The third kappa shape index (κ3) is 3.85. The first-order valence-corrected chi connectivity index (χ1v) is 11.0. The summed E-state index contributed by atoms with van der Waals surface area (Å²) in [5.74, 6) is 1.37. The molecular formula is C24H23N7O. The fourth-order valence-electron chi connectivity index (χ4n) is 3.89. The van der Waals surface area contributed by atoms with Gasteiger partial charge in [-0.05, 0) is 61.6 Å². The summed E-state index contributed by atoms with van der Waals surface area (Å²) in [6, 6.07) is 12.1. The molecule has 160 valence electrons. The maximum atomic E-state index is 10.8. The first kappa shape index (κ1) is 19.1. The Morgan fingerprint density at radius 3 is 2.59 bits per heavy atom. The van der Waals surface area contributed by atoms with Crippen LogP contribution < -0.4 is 5.32 Å². The fraction of sp³-hybridized carbons (Fsp3) is 0.292. The minimum atomic E-state index is -0.967. The van der Waals surface area contributed by atoms with Crippen LogP contribution in [-0.2, 0) is 0 Å². The van der Waals surface area contributed by atoms with Crippen LogP contribution in [0.5, 0.6) is 0 Å². The zero-order valence-corrected chi connectivity index (χ0v) is 17.5. The standard InChI is InChI=1S/C24H23N7O/c32-24(22-11-16(7-9-26-22)17-3-6-20(27-13-17)15-1-2-15)29-18-8-10-25-21(12-18)23-30-28-14-31(23)19-4-5-19/h3,6-15,19,24,32H,1-2,4-5H2,(H,25,29). The number of aliphatic hydroxyl groups is 1. The quantitative estimate of drug-likeness (QED) is 0.430. The molecule has 2 fully saturated rings. The maximum Gasteiger partial charge on any atom is 0.182 e. The molecule has 4 aromatic heterocycles. The van der Waals surface area contributed by atoms with E-state index in [4.69, 9.17) is 0 Å². The first-order valence-electron chi connectivity index (χ1n) is 11.0. The second kappa shape index (κ2) is 7.80. The van der Waals surface area contributed by atoms with Gasteiger partial charge in [0.25, 0.3) is 0 Å². The average Bonchev–Trinajstić information content (AvgIpc) is 3.78. The molecule has 4 aromatic rings. The lowest BCUT2D eigenvalue weighted by Gasteiger charge is -2.15. The molecule has 2 N–H and O–H groups in total. The van der Waals surface area contributed by atoms with Crippen LogP contribution in [0.15, 0.2) is 61.3 Å². The van der Waals surface area contributed by atoms with Crippen molar-refractivity contribution in [3.63, 3.8) is 0 Å². The molecule has 8 heteroatoms. The number of aromatic nitrogens is 6. The Kier molecular flexibility index (Phi) is 4.65. The summed E-state index contributed by atoms with van der Waals surface area (Å²) in [7, 11) is 0. The van der Waals surface area contributed by atoms with Gasteiger partial charge in [-0.25, -0.2) is 0 Å². The van der Waals surface area contributed by atoms with Crippen molar-refractivity contribution in [3.8, 4) is 22.6 Å². The number of pyridine rings is 3. The number of hydrogen-bond donors (Lipinski definition) is 2. The minimum absolute atomic E-state index is 0.462. The molecule has 0 spiro atoms. The van der Waals surface area contributed by atoms with E-state index < -0.39 is 6.23 Å². The number of anilines is 1. The molecule has 6 rings (SSSR count). The Labute approximate surface area is 185 Å². The predicted molar refractivity (Wildman–Crippen MR) is 120 cm³/mol. The van der Waals surface area contributed by atoms with Gasteiger partial charge in [-0.3, -0.25) is 15.0 Å². The third-order valence-corrected chi connectivity index (χ3v) is 5.98. The van der Waals surface area contributed by atoms with Crippen molar-refractivity contribution in [2.24, 2.45) is 0 Å². The van der Waals surface area contributed by atoms with E-state index >= 15 is 0 Å². The van der Waals surface area contributed by atoms with Gasteiger partial charge in [0, 0.05) is 47.5 Å². The Bertz CT molecular complexity index is 1250. The van der Waals surface area contributed by atoms with Gasteiger partial charge in [0.1, 0.15) is 12.0 Å². The van der Waals surface area contributed by atoms with Gasteiger partial charge in [-0.2, -0.15) is 0 Å². The van der Waals surface area contributed by atoms with E-state index in [2.05, 4.69) is 47.2 Å². The van der Waals surface area contributed by atoms with Gasteiger partial charge >= 0.3 is 0 Å². The molecule has 1 unspecified atom stereocenters. The summed E-state index contributed by atoms with van der Waals surface area (Å²) >= 11 is 0. The third-order valence-electron chi connectivity index (χ3n) is 5.98. The molecule has 1 atom stereocenters. The smallest absolute Gasteiger partial charge is 0.182 e. The molecule has 0 aliphatic heterocycles. The van der Waals surface area contributed by atoms with Gasteiger partial charge in [-0.1, -0.05) is 6.07 Å². The Balaban J connectivity index is 1.21. The lowest BCUT2D eigenvalue weighted by molar-refractivity contribution is 0.203. The van der Waals surface area contributed by atoms with Crippen molar-refractivity contribution >= 4 is 5.69 Å². The van der Waals surface area contributed by atoms with E-state index in [-0.39, 0.29) is 0 Å². The van der Waals surface area contributed by atoms with Crippen molar-refractivity contribution in [2.75, 3.05) is 5.32 Å². The van der Waals surface area contributed by atoms with Crippen LogP contribution in [0.3, 0.4) is 0 Å². The molecular weight excluding hydrogens is 402 g/mol. The lowest BCUT2D eigenvalue weighted by atomic mass is 10.1. The zero-order valence-electron chi connectivity index (χ0n) is 17.5.